The summed E-state index contributed by atoms with van der Waals surface area (Å²) in [5, 5.41) is 9.98. The summed E-state index contributed by atoms with van der Waals surface area (Å²) in [6, 6.07) is 0. The Labute approximate surface area is 270 Å². The zero-order chi connectivity index (χ0) is 32.2. The highest BCUT2D eigenvalue weighted by Crippen LogP contribution is 2.11. The number of aliphatic hydroxyl groups excluding tert-OH is 1. The molecule has 5 nitrogen and oxygen atoms in total. The van der Waals surface area contributed by atoms with Crippen LogP contribution >= 0.6 is 0 Å². The van der Waals surface area contributed by atoms with Gasteiger partial charge < -0.3 is 14.6 Å². The number of rotatable bonds is 30. The number of hydrogen-bond donors (Lipinski definition) is 1. The van der Waals surface area contributed by atoms with Gasteiger partial charge >= 0.3 is 11.9 Å². The first-order chi connectivity index (χ1) is 21.6. The van der Waals surface area contributed by atoms with Crippen LogP contribution in [0.25, 0.3) is 0 Å². The Hall–Kier alpha value is -2.66. The molecule has 1 atom stereocenters. The van der Waals surface area contributed by atoms with Crippen molar-refractivity contribution in [1.82, 2.24) is 0 Å². The quantitative estimate of drug-likeness (QED) is 0.0496. The van der Waals surface area contributed by atoms with E-state index in [4.69, 9.17) is 9.47 Å². The predicted octanol–water partition coefficient (Wildman–Crippen LogP) is 10.6. The molecule has 0 aromatic heterocycles. The molecule has 0 saturated carbocycles. The fourth-order valence-corrected chi connectivity index (χ4v) is 4.40. The lowest BCUT2D eigenvalue weighted by Gasteiger charge is -2.12. The summed E-state index contributed by atoms with van der Waals surface area (Å²) in [6.45, 7) is 3.92. The lowest BCUT2D eigenvalue weighted by atomic mass is 10.1. The highest BCUT2D eigenvalue weighted by atomic mass is 16.6. The topological polar surface area (TPSA) is 72.8 Å². The molecule has 1 N–H and O–H groups in total. The minimum Gasteiger partial charge on any atom is -0.463 e. The SMILES string of the molecule is C/C=C/C/C=C\C/C=C\CCCCCCCC(=O)OC[C@@H](O)COC(=O)CCCCCCCC/C=C\C/C=C\C/C=C\CC. The molecular weight excluding hydrogens is 548 g/mol. The second-order valence-corrected chi connectivity index (χ2v) is 11.3. The van der Waals surface area contributed by atoms with Crippen molar-refractivity contribution in [1.29, 1.82) is 0 Å². The first-order valence-electron chi connectivity index (χ1n) is 17.5. The molecule has 0 heterocycles. The van der Waals surface area contributed by atoms with E-state index in [9.17, 15) is 14.7 Å². The van der Waals surface area contributed by atoms with E-state index < -0.39 is 6.10 Å². The van der Waals surface area contributed by atoms with E-state index in [2.05, 4.69) is 79.8 Å². The Balaban J connectivity index is 3.52. The maximum atomic E-state index is 11.9. The zero-order valence-electron chi connectivity index (χ0n) is 28.1. The van der Waals surface area contributed by atoms with Gasteiger partial charge in [-0.05, 0) is 77.6 Å². The molecule has 0 aliphatic heterocycles. The van der Waals surface area contributed by atoms with Crippen LogP contribution in [0.15, 0.2) is 72.9 Å². The average Bonchev–Trinajstić information content (AvgIpc) is 3.02. The van der Waals surface area contributed by atoms with E-state index in [1.807, 2.05) is 6.92 Å². The minimum absolute atomic E-state index is 0.133. The number of ether oxygens (including phenoxy) is 2. The summed E-state index contributed by atoms with van der Waals surface area (Å²) in [5.74, 6) is -0.608. The number of allylic oxidation sites excluding steroid dienone is 12. The second kappa shape index (κ2) is 34.8. The summed E-state index contributed by atoms with van der Waals surface area (Å²) in [6.07, 6.45) is 45.3. The van der Waals surface area contributed by atoms with Crippen molar-refractivity contribution in [2.24, 2.45) is 0 Å². The van der Waals surface area contributed by atoms with Gasteiger partial charge in [-0.2, -0.15) is 0 Å². The van der Waals surface area contributed by atoms with E-state index in [1.54, 1.807) is 0 Å². The van der Waals surface area contributed by atoms with Crippen LogP contribution in [0.3, 0.4) is 0 Å². The van der Waals surface area contributed by atoms with Gasteiger partial charge in [-0.3, -0.25) is 9.59 Å². The molecular formula is C39H64O5. The van der Waals surface area contributed by atoms with Crippen LogP contribution in [0.1, 0.15) is 142 Å². The fourth-order valence-electron chi connectivity index (χ4n) is 4.40. The van der Waals surface area contributed by atoms with Gasteiger partial charge in [-0.15, -0.1) is 0 Å². The van der Waals surface area contributed by atoms with Gasteiger partial charge in [0, 0.05) is 12.8 Å². The van der Waals surface area contributed by atoms with Crippen LogP contribution in [-0.4, -0.2) is 36.4 Å². The number of carbonyl (C=O) groups excluding carboxylic acids is 2. The molecule has 0 aliphatic rings. The van der Waals surface area contributed by atoms with Crippen molar-refractivity contribution in [3.05, 3.63) is 72.9 Å². The molecule has 0 bridgehead atoms. The van der Waals surface area contributed by atoms with Gasteiger partial charge in [0.25, 0.3) is 0 Å². The number of esters is 2. The summed E-state index contributed by atoms with van der Waals surface area (Å²) in [7, 11) is 0. The maximum Gasteiger partial charge on any atom is 0.305 e. The van der Waals surface area contributed by atoms with Crippen LogP contribution in [-0.2, 0) is 19.1 Å². The molecule has 0 radical (unpaired) electrons. The van der Waals surface area contributed by atoms with Gasteiger partial charge in [-0.25, -0.2) is 0 Å². The zero-order valence-corrected chi connectivity index (χ0v) is 28.1. The van der Waals surface area contributed by atoms with Crippen molar-refractivity contribution in [3.8, 4) is 0 Å². The lowest BCUT2D eigenvalue weighted by Crippen LogP contribution is -2.25. The Morgan fingerprint density at radius 1 is 0.523 bits per heavy atom. The highest BCUT2D eigenvalue weighted by molar-refractivity contribution is 5.69. The molecule has 5 heteroatoms. The summed E-state index contributed by atoms with van der Waals surface area (Å²) in [4.78, 5) is 23.8. The van der Waals surface area contributed by atoms with E-state index >= 15 is 0 Å². The van der Waals surface area contributed by atoms with E-state index in [0.717, 1.165) is 89.9 Å². The molecule has 0 aliphatic carbocycles. The molecule has 250 valence electrons. The molecule has 44 heavy (non-hydrogen) atoms. The molecule has 0 spiro atoms. The maximum absolute atomic E-state index is 11.9. The lowest BCUT2D eigenvalue weighted by molar-refractivity contribution is -0.152. The van der Waals surface area contributed by atoms with E-state index in [1.165, 1.54) is 25.7 Å². The molecule has 0 rings (SSSR count). The Morgan fingerprint density at radius 2 is 0.886 bits per heavy atom. The fraction of sp³-hybridized carbons (Fsp3) is 0.641. The third-order valence-corrected chi connectivity index (χ3v) is 7.02. The molecule has 0 aromatic carbocycles. The monoisotopic (exact) mass is 612 g/mol. The third kappa shape index (κ3) is 33.8. The standard InChI is InChI=1S/C39H64O5/c1-3-5-7-9-11-13-15-17-19-20-22-24-26-28-30-32-34-39(42)44-36-37(40)35-43-38(41)33-31-29-27-25-23-21-18-16-14-12-10-8-6-4-2/h4-7,10-13,16-19,37,40H,3,8-9,14-15,20-36H2,1-2H3/b6-4+,7-5-,12-10-,13-11-,18-16-,19-17-/t37-/m1/s1. The number of aliphatic hydroxyl groups is 1. The Kier molecular flexibility index (Phi) is 32.7. The normalized spacial score (nSPS) is 13.1. The Morgan fingerprint density at radius 3 is 1.32 bits per heavy atom. The summed E-state index contributed by atoms with van der Waals surface area (Å²) >= 11 is 0. The van der Waals surface area contributed by atoms with Gasteiger partial charge in [0.15, 0.2) is 0 Å². The molecule has 0 saturated heterocycles. The number of unbranched alkanes of at least 4 members (excludes halogenated alkanes) is 11. The Bertz CT molecular complexity index is 833. The smallest absolute Gasteiger partial charge is 0.305 e. The first-order valence-corrected chi connectivity index (χ1v) is 17.5. The van der Waals surface area contributed by atoms with E-state index in [0.29, 0.717) is 12.8 Å². The highest BCUT2D eigenvalue weighted by Gasteiger charge is 2.12. The van der Waals surface area contributed by atoms with Crippen molar-refractivity contribution >= 4 is 11.9 Å². The van der Waals surface area contributed by atoms with Crippen molar-refractivity contribution in [2.45, 2.75) is 148 Å². The number of carbonyl (C=O) groups is 2. The van der Waals surface area contributed by atoms with Crippen molar-refractivity contribution in [2.75, 3.05) is 13.2 Å². The van der Waals surface area contributed by atoms with Crippen LogP contribution in [0.5, 0.6) is 0 Å². The van der Waals surface area contributed by atoms with Gasteiger partial charge in [0.2, 0.25) is 0 Å². The van der Waals surface area contributed by atoms with Crippen LogP contribution in [0.2, 0.25) is 0 Å². The van der Waals surface area contributed by atoms with Crippen LogP contribution in [0, 0.1) is 0 Å². The van der Waals surface area contributed by atoms with Crippen LogP contribution < -0.4 is 0 Å². The molecule has 0 fully saturated rings. The minimum atomic E-state index is -0.979. The van der Waals surface area contributed by atoms with Crippen LogP contribution in [0.4, 0.5) is 0 Å². The number of hydrogen-bond acceptors (Lipinski definition) is 5. The van der Waals surface area contributed by atoms with Gasteiger partial charge in [0.05, 0.1) is 0 Å². The van der Waals surface area contributed by atoms with Crippen molar-refractivity contribution in [3.63, 3.8) is 0 Å². The predicted molar refractivity (Wildman–Crippen MR) is 186 cm³/mol. The largest absolute Gasteiger partial charge is 0.463 e. The van der Waals surface area contributed by atoms with Crippen molar-refractivity contribution < 1.29 is 24.2 Å². The summed E-state index contributed by atoms with van der Waals surface area (Å²) < 4.78 is 10.3. The summed E-state index contributed by atoms with van der Waals surface area (Å²) in [5.41, 5.74) is 0. The second-order valence-electron chi connectivity index (χ2n) is 11.3. The molecule has 0 amide bonds. The molecule has 0 aromatic rings. The van der Waals surface area contributed by atoms with E-state index in [-0.39, 0.29) is 25.2 Å². The van der Waals surface area contributed by atoms with Gasteiger partial charge in [-0.1, -0.05) is 125 Å². The van der Waals surface area contributed by atoms with Gasteiger partial charge in [0.1, 0.15) is 19.3 Å². The average molecular weight is 613 g/mol. The molecule has 0 unspecified atom stereocenters. The first kappa shape index (κ1) is 41.3. The third-order valence-electron chi connectivity index (χ3n) is 7.02.